The normalized spacial score (nSPS) is 11.9. The maximum atomic E-state index is 11.9. The highest BCUT2D eigenvalue weighted by atomic mass is 16.1. The molecule has 0 aromatic heterocycles. The van der Waals surface area contributed by atoms with Crippen LogP contribution in [0.5, 0.6) is 0 Å². The molecule has 2 N–H and O–H groups in total. The predicted molar refractivity (Wildman–Crippen MR) is 85.9 cm³/mol. The van der Waals surface area contributed by atoms with E-state index in [2.05, 4.69) is 35.8 Å². The molecule has 0 aliphatic heterocycles. The minimum Gasteiger partial charge on any atom is -0.348 e. The van der Waals surface area contributed by atoms with E-state index < -0.39 is 0 Å². The van der Waals surface area contributed by atoms with E-state index in [0.29, 0.717) is 13.1 Å². The van der Waals surface area contributed by atoms with Gasteiger partial charge in [-0.05, 0) is 25.0 Å². The van der Waals surface area contributed by atoms with Gasteiger partial charge in [0.25, 0.3) is 0 Å². The molecule has 3 nitrogen and oxygen atoms in total. The minimum atomic E-state index is 0.0130. The molecule has 0 aliphatic rings. The van der Waals surface area contributed by atoms with Crippen LogP contribution in [0, 0.1) is 6.92 Å². The molecule has 110 valence electrons. The average molecular weight is 282 g/mol. The molecule has 0 bridgehead atoms. The summed E-state index contributed by atoms with van der Waals surface area (Å²) < 4.78 is 0. The summed E-state index contributed by atoms with van der Waals surface area (Å²) in [4.78, 5) is 11.9. The monoisotopic (exact) mass is 282 g/mol. The van der Waals surface area contributed by atoms with Gasteiger partial charge >= 0.3 is 0 Å². The van der Waals surface area contributed by atoms with Gasteiger partial charge in [0, 0.05) is 6.54 Å². The van der Waals surface area contributed by atoms with Gasteiger partial charge in [-0.2, -0.15) is 0 Å². The average Bonchev–Trinajstić information content (AvgIpc) is 2.48. The molecule has 2 rings (SSSR count). The zero-order valence-corrected chi connectivity index (χ0v) is 12.6. The Kier molecular flexibility index (Phi) is 5.52. The molecule has 1 unspecified atom stereocenters. The highest BCUT2D eigenvalue weighted by molar-refractivity contribution is 5.78. The Morgan fingerprint density at radius 2 is 1.86 bits per heavy atom. The summed E-state index contributed by atoms with van der Waals surface area (Å²) in [6.07, 6.45) is 0. The Hall–Kier alpha value is -2.13. The second-order valence-electron chi connectivity index (χ2n) is 5.29. The maximum absolute atomic E-state index is 11.9. The Bertz CT molecular complexity index is 581. The van der Waals surface area contributed by atoms with Crippen molar-refractivity contribution in [2.75, 3.05) is 6.54 Å². The number of benzene rings is 2. The summed E-state index contributed by atoms with van der Waals surface area (Å²) in [5, 5.41) is 6.17. The van der Waals surface area contributed by atoms with Crippen LogP contribution in [-0.2, 0) is 11.3 Å². The van der Waals surface area contributed by atoms with E-state index in [1.807, 2.05) is 43.3 Å². The maximum Gasteiger partial charge on any atom is 0.234 e. The number of carbonyl (C=O) groups is 1. The third-order valence-corrected chi connectivity index (χ3v) is 3.37. The van der Waals surface area contributed by atoms with Gasteiger partial charge in [-0.15, -0.1) is 0 Å². The molecule has 2 aromatic rings. The fourth-order valence-corrected chi connectivity index (χ4v) is 2.26. The van der Waals surface area contributed by atoms with Crippen LogP contribution in [0.25, 0.3) is 0 Å². The van der Waals surface area contributed by atoms with Gasteiger partial charge in [-0.1, -0.05) is 60.2 Å². The van der Waals surface area contributed by atoms with Gasteiger partial charge < -0.3 is 10.6 Å². The minimum absolute atomic E-state index is 0.0130. The summed E-state index contributed by atoms with van der Waals surface area (Å²) in [7, 11) is 0. The van der Waals surface area contributed by atoms with E-state index in [0.717, 1.165) is 5.56 Å². The summed E-state index contributed by atoms with van der Waals surface area (Å²) >= 11 is 0. The molecule has 0 spiro atoms. The molecule has 0 saturated carbocycles. The zero-order chi connectivity index (χ0) is 15.1. The SMILES string of the molecule is Cc1cccc(CNCC(=O)NC(C)c2ccccc2)c1. The van der Waals surface area contributed by atoms with Crippen LogP contribution in [0.3, 0.4) is 0 Å². The molecule has 0 fully saturated rings. The molecule has 21 heavy (non-hydrogen) atoms. The van der Waals surface area contributed by atoms with Gasteiger partial charge in [-0.3, -0.25) is 4.79 Å². The first-order valence-electron chi connectivity index (χ1n) is 7.26. The van der Waals surface area contributed by atoms with Crippen molar-refractivity contribution in [3.05, 3.63) is 71.3 Å². The molecule has 2 aromatic carbocycles. The lowest BCUT2D eigenvalue weighted by Gasteiger charge is -2.14. The van der Waals surface area contributed by atoms with Crippen LogP contribution in [0.1, 0.15) is 29.7 Å². The van der Waals surface area contributed by atoms with Crippen LogP contribution in [0.2, 0.25) is 0 Å². The summed E-state index contributed by atoms with van der Waals surface area (Å²) in [5.74, 6) is 0.0130. The van der Waals surface area contributed by atoms with E-state index in [1.54, 1.807) is 0 Å². The summed E-state index contributed by atoms with van der Waals surface area (Å²) in [6.45, 7) is 5.09. The predicted octanol–water partition coefficient (Wildman–Crippen LogP) is 2.96. The standard InChI is InChI=1S/C18H22N2O/c1-14-7-6-8-16(11-14)12-19-13-18(21)20-15(2)17-9-4-3-5-10-17/h3-11,15,19H,12-13H2,1-2H3,(H,20,21). The van der Waals surface area contributed by atoms with Crippen LogP contribution in [0.15, 0.2) is 54.6 Å². The van der Waals surface area contributed by atoms with Gasteiger partial charge in [0.1, 0.15) is 0 Å². The van der Waals surface area contributed by atoms with Gasteiger partial charge in [-0.25, -0.2) is 0 Å². The van der Waals surface area contributed by atoms with E-state index in [9.17, 15) is 4.79 Å². The smallest absolute Gasteiger partial charge is 0.234 e. The number of hydrogen-bond acceptors (Lipinski definition) is 2. The lowest BCUT2D eigenvalue weighted by atomic mass is 10.1. The van der Waals surface area contributed by atoms with Crippen LogP contribution in [-0.4, -0.2) is 12.5 Å². The fourth-order valence-electron chi connectivity index (χ4n) is 2.26. The molecule has 0 heterocycles. The molecule has 3 heteroatoms. The zero-order valence-electron chi connectivity index (χ0n) is 12.6. The Morgan fingerprint density at radius 3 is 2.57 bits per heavy atom. The lowest BCUT2D eigenvalue weighted by Crippen LogP contribution is -2.35. The summed E-state index contributed by atoms with van der Waals surface area (Å²) in [5.41, 5.74) is 3.54. The molecule has 0 radical (unpaired) electrons. The third kappa shape index (κ3) is 5.04. The first-order valence-corrected chi connectivity index (χ1v) is 7.26. The van der Waals surface area contributed by atoms with Crippen molar-refractivity contribution in [3.8, 4) is 0 Å². The van der Waals surface area contributed by atoms with Gasteiger partial charge in [0.2, 0.25) is 5.91 Å². The molecular formula is C18H22N2O. The topological polar surface area (TPSA) is 41.1 Å². The number of rotatable bonds is 6. The Morgan fingerprint density at radius 1 is 1.10 bits per heavy atom. The molecular weight excluding hydrogens is 260 g/mol. The Labute approximate surface area is 126 Å². The fraction of sp³-hybridized carbons (Fsp3) is 0.278. The number of aryl methyl sites for hydroxylation is 1. The van der Waals surface area contributed by atoms with E-state index in [4.69, 9.17) is 0 Å². The number of amides is 1. The van der Waals surface area contributed by atoms with Crippen molar-refractivity contribution < 1.29 is 4.79 Å². The largest absolute Gasteiger partial charge is 0.348 e. The van der Waals surface area contributed by atoms with Crippen molar-refractivity contribution in [1.29, 1.82) is 0 Å². The van der Waals surface area contributed by atoms with Crippen molar-refractivity contribution in [2.45, 2.75) is 26.4 Å². The number of carbonyl (C=O) groups excluding carboxylic acids is 1. The van der Waals surface area contributed by atoms with Crippen LogP contribution >= 0.6 is 0 Å². The highest BCUT2D eigenvalue weighted by Crippen LogP contribution is 2.10. The summed E-state index contributed by atoms with van der Waals surface area (Å²) in [6, 6.07) is 18.3. The lowest BCUT2D eigenvalue weighted by molar-refractivity contribution is -0.120. The number of nitrogens with one attached hydrogen (secondary N) is 2. The Balaban J connectivity index is 1.75. The molecule has 1 atom stereocenters. The van der Waals surface area contributed by atoms with Crippen molar-refractivity contribution in [1.82, 2.24) is 10.6 Å². The van der Waals surface area contributed by atoms with E-state index in [1.165, 1.54) is 11.1 Å². The van der Waals surface area contributed by atoms with Gasteiger partial charge in [0.05, 0.1) is 12.6 Å². The van der Waals surface area contributed by atoms with E-state index in [-0.39, 0.29) is 11.9 Å². The first-order chi connectivity index (χ1) is 10.1. The van der Waals surface area contributed by atoms with Crippen LogP contribution < -0.4 is 10.6 Å². The molecule has 0 aliphatic carbocycles. The van der Waals surface area contributed by atoms with Crippen molar-refractivity contribution in [3.63, 3.8) is 0 Å². The number of hydrogen-bond donors (Lipinski definition) is 2. The van der Waals surface area contributed by atoms with E-state index >= 15 is 0 Å². The van der Waals surface area contributed by atoms with Gasteiger partial charge in [0.15, 0.2) is 0 Å². The van der Waals surface area contributed by atoms with Crippen molar-refractivity contribution in [2.24, 2.45) is 0 Å². The van der Waals surface area contributed by atoms with Crippen LogP contribution in [0.4, 0.5) is 0 Å². The molecule has 1 amide bonds. The second kappa shape index (κ2) is 7.60. The van der Waals surface area contributed by atoms with Crippen molar-refractivity contribution >= 4 is 5.91 Å². The highest BCUT2D eigenvalue weighted by Gasteiger charge is 2.08. The second-order valence-corrected chi connectivity index (χ2v) is 5.29. The quantitative estimate of drug-likeness (QED) is 0.855. The molecule has 0 saturated heterocycles. The third-order valence-electron chi connectivity index (χ3n) is 3.37. The first kappa shape index (κ1) is 15.3.